The monoisotopic (exact) mass is 311 g/mol. The van der Waals surface area contributed by atoms with Crippen LogP contribution in [0, 0.1) is 0 Å². The number of sulfonamides is 1. The quantitative estimate of drug-likeness (QED) is 0.891. The molecule has 2 aromatic rings. The second-order valence-corrected chi connectivity index (χ2v) is 6.37. The van der Waals surface area contributed by atoms with E-state index in [2.05, 4.69) is 4.72 Å². The topological polar surface area (TPSA) is 55.4 Å². The van der Waals surface area contributed by atoms with Crippen LogP contribution in [0.15, 0.2) is 54.6 Å². The molecule has 0 amide bonds. The number of nitrogens with one attached hydrogen (secondary N) is 1. The van der Waals surface area contributed by atoms with Crippen molar-refractivity contribution in [3.05, 3.63) is 59.6 Å². The molecule has 106 valence electrons. The zero-order valence-electron chi connectivity index (χ0n) is 10.6. The van der Waals surface area contributed by atoms with Gasteiger partial charge in [-0.3, -0.25) is 4.72 Å². The fourth-order valence-corrected chi connectivity index (χ4v) is 2.65. The highest BCUT2D eigenvalue weighted by Gasteiger charge is 2.10. The van der Waals surface area contributed by atoms with Crippen LogP contribution in [0.4, 0.5) is 5.69 Å². The van der Waals surface area contributed by atoms with Crippen molar-refractivity contribution in [2.45, 2.75) is 0 Å². The molecule has 0 spiro atoms. The van der Waals surface area contributed by atoms with Gasteiger partial charge in [-0.15, -0.1) is 0 Å². The van der Waals surface area contributed by atoms with E-state index in [4.69, 9.17) is 16.3 Å². The standard InChI is InChI=1S/C14H14ClNO3S/c15-12-5-4-6-13(11-12)16-20(17,18)10-9-19-14-7-2-1-3-8-14/h1-8,11,16H,9-10H2. The second-order valence-electron chi connectivity index (χ2n) is 4.09. The molecule has 0 unspecified atom stereocenters. The van der Waals surface area contributed by atoms with E-state index in [1.54, 1.807) is 36.4 Å². The summed E-state index contributed by atoms with van der Waals surface area (Å²) in [6, 6.07) is 15.6. The van der Waals surface area contributed by atoms with Gasteiger partial charge in [0.2, 0.25) is 10.0 Å². The minimum absolute atomic E-state index is 0.0832. The van der Waals surface area contributed by atoms with Crippen LogP contribution in [0.1, 0.15) is 0 Å². The first-order valence-corrected chi connectivity index (χ1v) is 8.02. The number of benzene rings is 2. The van der Waals surface area contributed by atoms with E-state index in [1.165, 1.54) is 0 Å². The summed E-state index contributed by atoms with van der Waals surface area (Å²) in [6.45, 7) is 0.0832. The summed E-state index contributed by atoms with van der Waals surface area (Å²) >= 11 is 5.80. The Balaban J connectivity index is 1.88. The number of rotatable bonds is 6. The van der Waals surface area contributed by atoms with Gasteiger partial charge in [-0.1, -0.05) is 35.9 Å². The first kappa shape index (κ1) is 14.7. The third-order valence-corrected chi connectivity index (χ3v) is 3.95. The zero-order chi connectivity index (χ0) is 14.4. The molecular weight excluding hydrogens is 298 g/mol. The molecule has 0 bridgehead atoms. The summed E-state index contributed by atoms with van der Waals surface area (Å²) in [6.07, 6.45) is 0. The summed E-state index contributed by atoms with van der Waals surface area (Å²) in [5.41, 5.74) is 0.442. The number of anilines is 1. The maximum atomic E-state index is 11.9. The second kappa shape index (κ2) is 6.63. The van der Waals surface area contributed by atoms with Gasteiger partial charge in [-0.2, -0.15) is 0 Å². The van der Waals surface area contributed by atoms with Crippen LogP contribution in [-0.2, 0) is 10.0 Å². The highest BCUT2D eigenvalue weighted by Crippen LogP contribution is 2.16. The average molecular weight is 312 g/mol. The lowest BCUT2D eigenvalue weighted by atomic mass is 10.3. The first-order valence-electron chi connectivity index (χ1n) is 5.99. The smallest absolute Gasteiger partial charge is 0.236 e. The Hall–Kier alpha value is -1.72. The molecule has 2 aromatic carbocycles. The van der Waals surface area contributed by atoms with Gasteiger partial charge in [0, 0.05) is 10.7 Å². The fraction of sp³-hybridized carbons (Fsp3) is 0.143. The van der Waals surface area contributed by atoms with Gasteiger partial charge in [-0.05, 0) is 30.3 Å². The van der Waals surface area contributed by atoms with Gasteiger partial charge in [0.05, 0.1) is 0 Å². The van der Waals surface area contributed by atoms with Crippen molar-refractivity contribution in [2.24, 2.45) is 0 Å². The summed E-state index contributed by atoms with van der Waals surface area (Å²) < 4.78 is 31.5. The molecule has 0 aliphatic heterocycles. The number of hydrogen-bond donors (Lipinski definition) is 1. The predicted molar refractivity (Wildman–Crippen MR) is 80.8 cm³/mol. The number of ether oxygens (including phenoxy) is 1. The molecule has 0 aromatic heterocycles. The third-order valence-electron chi connectivity index (χ3n) is 2.46. The fourth-order valence-electron chi connectivity index (χ4n) is 1.57. The van der Waals surface area contributed by atoms with Crippen molar-refractivity contribution in [3.8, 4) is 5.75 Å². The Morgan fingerprint density at radius 2 is 1.80 bits per heavy atom. The molecule has 0 heterocycles. The van der Waals surface area contributed by atoms with Gasteiger partial charge in [0.25, 0.3) is 0 Å². The molecule has 0 saturated heterocycles. The molecule has 0 aliphatic rings. The lowest BCUT2D eigenvalue weighted by Gasteiger charge is -2.09. The third kappa shape index (κ3) is 4.75. The van der Waals surface area contributed by atoms with Gasteiger partial charge < -0.3 is 4.74 Å². The Kier molecular flexibility index (Phi) is 4.87. The lowest BCUT2D eigenvalue weighted by Crippen LogP contribution is -2.21. The Morgan fingerprint density at radius 3 is 2.50 bits per heavy atom. The SMILES string of the molecule is O=S(=O)(CCOc1ccccc1)Nc1cccc(Cl)c1. The lowest BCUT2D eigenvalue weighted by molar-refractivity contribution is 0.341. The van der Waals surface area contributed by atoms with Crippen LogP contribution < -0.4 is 9.46 Å². The predicted octanol–water partition coefficient (Wildman–Crippen LogP) is 3.16. The molecule has 0 atom stereocenters. The van der Waals surface area contributed by atoms with E-state index in [0.29, 0.717) is 16.5 Å². The molecular formula is C14H14ClNO3S. The van der Waals surface area contributed by atoms with Crippen LogP contribution >= 0.6 is 11.6 Å². The van der Waals surface area contributed by atoms with Crippen LogP contribution in [0.5, 0.6) is 5.75 Å². The number of hydrogen-bond acceptors (Lipinski definition) is 3. The van der Waals surface area contributed by atoms with Crippen LogP contribution in [0.3, 0.4) is 0 Å². The molecule has 0 radical (unpaired) electrons. The normalized spacial score (nSPS) is 11.1. The highest BCUT2D eigenvalue weighted by atomic mass is 35.5. The van der Waals surface area contributed by atoms with Gasteiger partial charge in [0.1, 0.15) is 18.1 Å². The molecule has 1 N–H and O–H groups in total. The summed E-state index contributed by atoms with van der Waals surface area (Å²) in [5, 5.41) is 0.478. The molecule has 6 heteroatoms. The maximum Gasteiger partial charge on any atom is 0.236 e. The Labute approximate surface area is 123 Å². The largest absolute Gasteiger partial charge is 0.492 e. The van der Waals surface area contributed by atoms with Crippen LogP contribution in [0.2, 0.25) is 5.02 Å². The minimum Gasteiger partial charge on any atom is -0.492 e. The Bertz CT molecular complexity index is 659. The summed E-state index contributed by atoms with van der Waals surface area (Å²) in [4.78, 5) is 0. The van der Waals surface area contributed by atoms with Crippen molar-refractivity contribution >= 4 is 27.3 Å². The van der Waals surface area contributed by atoms with E-state index >= 15 is 0 Å². The maximum absolute atomic E-state index is 11.9. The Morgan fingerprint density at radius 1 is 1.05 bits per heavy atom. The van der Waals surface area contributed by atoms with E-state index in [1.807, 2.05) is 18.2 Å². The van der Waals surface area contributed by atoms with E-state index in [-0.39, 0.29) is 12.4 Å². The van der Waals surface area contributed by atoms with Crippen molar-refractivity contribution in [3.63, 3.8) is 0 Å². The molecule has 4 nitrogen and oxygen atoms in total. The van der Waals surface area contributed by atoms with Gasteiger partial charge >= 0.3 is 0 Å². The van der Waals surface area contributed by atoms with Crippen molar-refractivity contribution < 1.29 is 13.2 Å². The highest BCUT2D eigenvalue weighted by molar-refractivity contribution is 7.92. The van der Waals surface area contributed by atoms with Crippen molar-refractivity contribution in [1.82, 2.24) is 0 Å². The zero-order valence-corrected chi connectivity index (χ0v) is 12.2. The van der Waals surface area contributed by atoms with Crippen molar-refractivity contribution in [1.29, 1.82) is 0 Å². The van der Waals surface area contributed by atoms with E-state index in [0.717, 1.165) is 0 Å². The van der Waals surface area contributed by atoms with Gasteiger partial charge in [0.15, 0.2) is 0 Å². The molecule has 0 saturated carbocycles. The van der Waals surface area contributed by atoms with Crippen LogP contribution in [0.25, 0.3) is 0 Å². The molecule has 0 aliphatic carbocycles. The summed E-state index contributed by atoms with van der Waals surface area (Å²) in [5.74, 6) is 0.513. The van der Waals surface area contributed by atoms with Gasteiger partial charge in [-0.25, -0.2) is 8.42 Å². The molecule has 0 fully saturated rings. The molecule has 20 heavy (non-hydrogen) atoms. The minimum atomic E-state index is -3.46. The molecule has 2 rings (SSSR count). The average Bonchev–Trinajstić information content (AvgIpc) is 2.39. The first-order chi connectivity index (χ1) is 9.55. The number of halogens is 1. The number of para-hydroxylation sites is 1. The van der Waals surface area contributed by atoms with Crippen LogP contribution in [-0.4, -0.2) is 20.8 Å². The van der Waals surface area contributed by atoms with E-state index in [9.17, 15) is 8.42 Å². The summed E-state index contributed by atoms with van der Waals surface area (Å²) in [7, 11) is -3.46. The van der Waals surface area contributed by atoms with E-state index < -0.39 is 10.0 Å². The van der Waals surface area contributed by atoms with Crippen molar-refractivity contribution in [2.75, 3.05) is 17.1 Å².